The van der Waals surface area contributed by atoms with Crippen LogP contribution >= 0.6 is 23.2 Å². The first-order valence-electron chi connectivity index (χ1n) is 5.39. The first-order chi connectivity index (χ1) is 8.97. The van der Waals surface area contributed by atoms with Crippen LogP contribution in [0.4, 0.5) is 8.78 Å². The largest absolute Gasteiger partial charge is 0.294 e. The average molecular weight is 301 g/mol. The fourth-order valence-electron chi connectivity index (χ4n) is 1.66. The molecule has 0 amide bonds. The van der Waals surface area contributed by atoms with Crippen molar-refractivity contribution in [2.75, 3.05) is 0 Å². The Labute approximate surface area is 118 Å². The minimum Gasteiger partial charge on any atom is -0.294 e. The molecule has 0 saturated carbocycles. The van der Waals surface area contributed by atoms with Crippen LogP contribution in [0.2, 0.25) is 10.0 Å². The van der Waals surface area contributed by atoms with Gasteiger partial charge in [-0.1, -0.05) is 23.2 Å². The van der Waals surface area contributed by atoms with Crippen molar-refractivity contribution < 1.29 is 13.6 Å². The molecule has 0 aliphatic carbocycles. The zero-order valence-electron chi connectivity index (χ0n) is 9.59. The number of hydrogen-bond acceptors (Lipinski definition) is 1. The topological polar surface area (TPSA) is 17.1 Å². The summed E-state index contributed by atoms with van der Waals surface area (Å²) in [5, 5.41) is 0.591. The van der Waals surface area contributed by atoms with E-state index in [1.165, 1.54) is 18.2 Å². The highest BCUT2D eigenvalue weighted by molar-refractivity contribution is 6.36. The van der Waals surface area contributed by atoms with Crippen molar-refractivity contribution in [2.24, 2.45) is 0 Å². The molecule has 0 saturated heterocycles. The van der Waals surface area contributed by atoms with Crippen LogP contribution in [-0.4, -0.2) is 5.78 Å². The van der Waals surface area contributed by atoms with Gasteiger partial charge in [0, 0.05) is 17.0 Å². The number of Topliss-reactive ketones (excluding diaryl/α,β-unsaturated/α-hetero) is 1. The van der Waals surface area contributed by atoms with Crippen LogP contribution in [0, 0.1) is 11.6 Å². The van der Waals surface area contributed by atoms with Crippen molar-refractivity contribution in [3.8, 4) is 0 Å². The number of benzene rings is 2. The lowest BCUT2D eigenvalue weighted by atomic mass is 10.0. The third-order valence-electron chi connectivity index (χ3n) is 2.59. The van der Waals surface area contributed by atoms with Gasteiger partial charge in [-0.05, 0) is 42.0 Å². The van der Waals surface area contributed by atoms with Gasteiger partial charge in [0.2, 0.25) is 0 Å². The van der Waals surface area contributed by atoms with Gasteiger partial charge in [0.1, 0.15) is 11.6 Å². The lowest BCUT2D eigenvalue weighted by Gasteiger charge is -2.05. The SMILES string of the molecule is O=C(Cc1cc(F)ccc1F)c1ccc(Cl)cc1Cl. The Morgan fingerprint density at radius 2 is 1.79 bits per heavy atom. The Hall–Kier alpha value is -1.45. The molecule has 0 aliphatic rings. The molecule has 2 rings (SSSR count). The molecule has 0 aliphatic heterocycles. The number of carbonyl (C=O) groups excluding carboxylic acids is 1. The van der Waals surface area contributed by atoms with Crippen molar-refractivity contribution >= 4 is 29.0 Å². The second kappa shape index (κ2) is 5.68. The third kappa shape index (κ3) is 3.31. The molecule has 0 aromatic heterocycles. The maximum atomic E-state index is 13.4. The summed E-state index contributed by atoms with van der Waals surface area (Å²) in [6, 6.07) is 7.39. The lowest BCUT2D eigenvalue weighted by molar-refractivity contribution is 0.0992. The molecule has 2 aromatic carbocycles. The minimum atomic E-state index is -0.625. The number of hydrogen-bond donors (Lipinski definition) is 0. The Kier molecular flexibility index (Phi) is 4.17. The number of carbonyl (C=O) groups is 1. The zero-order valence-corrected chi connectivity index (χ0v) is 11.1. The Bertz CT molecular complexity index is 641. The third-order valence-corrected chi connectivity index (χ3v) is 3.14. The summed E-state index contributed by atoms with van der Waals surface area (Å²) < 4.78 is 26.4. The Morgan fingerprint density at radius 3 is 2.47 bits per heavy atom. The zero-order chi connectivity index (χ0) is 14.0. The van der Waals surface area contributed by atoms with E-state index in [4.69, 9.17) is 23.2 Å². The molecular formula is C14H8Cl2F2O. The number of rotatable bonds is 3. The number of ketones is 1. The molecule has 1 nitrogen and oxygen atoms in total. The van der Waals surface area contributed by atoms with Crippen LogP contribution in [0.3, 0.4) is 0 Å². The van der Waals surface area contributed by atoms with Crippen molar-refractivity contribution in [3.05, 3.63) is 69.2 Å². The predicted octanol–water partition coefficient (Wildman–Crippen LogP) is 4.70. The normalized spacial score (nSPS) is 10.5. The maximum absolute atomic E-state index is 13.4. The molecule has 0 bridgehead atoms. The standard InChI is InChI=1S/C14H8Cl2F2O/c15-9-1-3-11(12(16)7-9)14(19)6-8-5-10(17)2-4-13(8)18/h1-5,7H,6H2. The van der Waals surface area contributed by atoms with Crippen LogP contribution in [0.25, 0.3) is 0 Å². The van der Waals surface area contributed by atoms with Gasteiger partial charge in [-0.15, -0.1) is 0 Å². The first kappa shape index (κ1) is 14.0. The lowest BCUT2D eigenvalue weighted by Crippen LogP contribution is -2.06. The summed E-state index contributed by atoms with van der Waals surface area (Å²) in [6.45, 7) is 0. The van der Waals surface area contributed by atoms with Gasteiger partial charge in [0.25, 0.3) is 0 Å². The maximum Gasteiger partial charge on any atom is 0.168 e. The molecule has 2 aromatic rings. The van der Waals surface area contributed by atoms with E-state index in [9.17, 15) is 13.6 Å². The second-order valence-corrected chi connectivity index (χ2v) is 4.80. The molecular weight excluding hydrogens is 293 g/mol. The second-order valence-electron chi connectivity index (χ2n) is 3.96. The van der Waals surface area contributed by atoms with Gasteiger partial charge in [-0.25, -0.2) is 8.78 Å². The molecule has 5 heteroatoms. The average Bonchev–Trinajstić information content (AvgIpc) is 2.33. The Morgan fingerprint density at radius 1 is 1.05 bits per heavy atom. The molecule has 0 heterocycles. The summed E-state index contributed by atoms with van der Waals surface area (Å²) in [5.41, 5.74) is 0.228. The minimum absolute atomic E-state index is 0.00369. The van der Waals surface area contributed by atoms with Crippen LogP contribution in [-0.2, 0) is 6.42 Å². The molecule has 0 spiro atoms. The fraction of sp³-hybridized carbons (Fsp3) is 0.0714. The van der Waals surface area contributed by atoms with E-state index in [-0.39, 0.29) is 22.6 Å². The van der Waals surface area contributed by atoms with E-state index in [2.05, 4.69) is 0 Å². The van der Waals surface area contributed by atoms with E-state index < -0.39 is 17.4 Å². The van der Waals surface area contributed by atoms with E-state index in [1.54, 1.807) is 0 Å². The quantitative estimate of drug-likeness (QED) is 0.751. The van der Waals surface area contributed by atoms with Gasteiger partial charge in [-0.2, -0.15) is 0 Å². The fourth-order valence-corrected chi connectivity index (χ4v) is 2.18. The first-order valence-corrected chi connectivity index (χ1v) is 6.15. The molecule has 0 fully saturated rings. The van der Waals surface area contributed by atoms with Gasteiger partial charge in [0.05, 0.1) is 5.02 Å². The van der Waals surface area contributed by atoms with Gasteiger partial charge < -0.3 is 0 Å². The highest BCUT2D eigenvalue weighted by Crippen LogP contribution is 2.23. The summed E-state index contributed by atoms with van der Waals surface area (Å²) in [5.74, 6) is -1.61. The molecule has 0 radical (unpaired) electrons. The van der Waals surface area contributed by atoms with Gasteiger partial charge >= 0.3 is 0 Å². The van der Waals surface area contributed by atoms with Crippen molar-refractivity contribution in [2.45, 2.75) is 6.42 Å². The monoisotopic (exact) mass is 300 g/mol. The molecule has 0 atom stereocenters. The summed E-state index contributed by atoms with van der Waals surface area (Å²) in [7, 11) is 0. The summed E-state index contributed by atoms with van der Waals surface area (Å²) >= 11 is 11.6. The summed E-state index contributed by atoms with van der Waals surface area (Å²) in [4.78, 5) is 12.0. The summed E-state index contributed by atoms with van der Waals surface area (Å²) in [6.07, 6.45) is -0.259. The van der Waals surface area contributed by atoms with Crippen LogP contribution in [0.15, 0.2) is 36.4 Å². The van der Waals surface area contributed by atoms with Crippen LogP contribution < -0.4 is 0 Å². The van der Waals surface area contributed by atoms with Gasteiger partial charge in [-0.3, -0.25) is 4.79 Å². The Balaban J connectivity index is 2.28. The smallest absolute Gasteiger partial charge is 0.168 e. The van der Waals surface area contributed by atoms with Crippen molar-refractivity contribution in [3.63, 3.8) is 0 Å². The van der Waals surface area contributed by atoms with Crippen LogP contribution in [0.5, 0.6) is 0 Å². The number of halogens is 4. The predicted molar refractivity (Wildman–Crippen MR) is 70.9 cm³/mol. The van der Waals surface area contributed by atoms with E-state index in [0.29, 0.717) is 5.02 Å². The highest BCUT2D eigenvalue weighted by atomic mass is 35.5. The van der Waals surface area contributed by atoms with Crippen molar-refractivity contribution in [1.82, 2.24) is 0 Å². The molecule has 0 unspecified atom stereocenters. The van der Waals surface area contributed by atoms with E-state index >= 15 is 0 Å². The molecule has 0 N–H and O–H groups in total. The van der Waals surface area contributed by atoms with E-state index in [0.717, 1.165) is 18.2 Å². The molecule has 19 heavy (non-hydrogen) atoms. The van der Waals surface area contributed by atoms with Crippen LogP contribution in [0.1, 0.15) is 15.9 Å². The van der Waals surface area contributed by atoms with E-state index in [1.807, 2.05) is 0 Å². The van der Waals surface area contributed by atoms with Crippen molar-refractivity contribution in [1.29, 1.82) is 0 Å². The highest BCUT2D eigenvalue weighted by Gasteiger charge is 2.14. The molecule has 98 valence electrons. The van der Waals surface area contributed by atoms with Gasteiger partial charge in [0.15, 0.2) is 5.78 Å².